The number of nitrogens with zero attached hydrogens (tertiary/aromatic N) is 3. The van der Waals surface area contributed by atoms with Gasteiger partial charge in [0.25, 0.3) is 5.91 Å². The molecule has 1 unspecified atom stereocenters. The van der Waals surface area contributed by atoms with Crippen LogP contribution in [0.2, 0.25) is 0 Å². The third kappa shape index (κ3) is 2.78. The van der Waals surface area contributed by atoms with Crippen molar-refractivity contribution < 1.29 is 4.79 Å². The van der Waals surface area contributed by atoms with Crippen LogP contribution in [0.15, 0.2) is 48.0 Å². The second-order valence-corrected chi connectivity index (χ2v) is 7.38. The molecule has 3 aromatic rings. The molecule has 1 atom stereocenters. The monoisotopic (exact) mass is 351 g/mol. The zero-order valence-electron chi connectivity index (χ0n) is 14.5. The van der Waals surface area contributed by atoms with Crippen molar-refractivity contribution in [3.05, 3.63) is 70.5 Å². The summed E-state index contributed by atoms with van der Waals surface area (Å²) in [5, 5.41) is 2.87. The lowest BCUT2D eigenvalue weighted by Crippen LogP contribution is -2.30. The molecule has 1 fully saturated rings. The minimum Gasteiger partial charge on any atom is -0.332 e. The molecular weight excluding hydrogens is 330 g/mol. The predicted octanol–water partition coefficient (Wildman–Crippen LogP) is 4.53. The van der Waals surface area contributed by atoms with Gasteiger partial charge in [0.2, 0.25) is 0 Å². The molecule has 0 aliphatic carbocycles. The number of likely N-dealkylation sites (tertiary alicyclic amines) is 1. The number of hydrogen-bond acceptors (Lipinski definition) is 3. The Bertz CT molecular complexity index is 883. The highest BCUT2D eigenvalue weighted by molar-refractivity contribution is 7.12. The molecule has 25 heavy (non-hydrogen) atoms. The van der Waals surface area contributed by atoms with Crippen molar-refractivity contribution in [1.29, 1.82) is 0 Å². The average Bonchev–Trinajstić information content (AvgIpc) is 3.35. The highest BCUT2D eigenvalue weighted by Gasteiger charge is 2.32. The fraction of sp³-hybridized carbons (Fsp3) is 0.300. The van der Waals surface area contributed by atoms with Gasteiger partial charge in [-0.1, -0.05) is 30.3 Å². The second-order valence-electron chi connectivity index (χ2n) is 6.50. The van der Waals surface area contributed by atoms with Crippen LogP contribution in [0, 0.1) is 13.8 Å². The van der Waals surface area contributed by atoms with Crippen molar-refractivity contribution >= 4 is 17.2 Å². The smallest absolute Gasteiger partial charge is 0.256 e. The van der Waals surface area contributed by atoms with Crippen molar-refractivity contribution in [2.24, 2.45) is 0 Å². The lowest BCUT2D eigenvalue weighted by molar-refractivity contribution is 0.0735. The summed E-state index contributed by atoms with van der Waals surface area (Å²) in [6, 6.07) is 12.5. The van der Waals surface area contributed by atoms with E-state index in [1.807, 2.05) is 48.4 Å². The lowest BCUT2D eigenvalue weighted by Gasteiger charge is -2.25. The van der Waals surface area contributed by atoms with Gasteiger partial charge in [0.1, 0.15) is 0 Å². The van der Waals surface area contributed by atoms with Crippen molar-refractivity contribution in [2.45, 2.75) is 32.7 Å². The van der Waals surface area contributed by atoms with Gasteiger partial charge >= 0.3 is 0 Å². The molecular formula is C20H21N3OS. The van der Waals surface area contributed by atoms with Crippen molar-refractivity contribution in [1.82, 2.24) is 14.5 Å². The van der Waals surface area contributed by atoms with Gasteiger partial charge in [0.05, 0.1) is 11.6 Å². The van der Waals surface area contributed by atoms with Gasteiger partial charge in [-0.05, 0) is 38.3 Å². The Morgan fingerprint density at radius 1 is 1.24 bits per heavy atom. The maximum absolute atomic E-state index is 13.3. The maximum atomic E-state index is 13.3. The quantitative estimate of drug-likeness (QED) is 0.695. The van der Waals surface area contributed by atoms with Crippen molar-refractivity contribution in [3.63, 3.8) is 0 Å². The van der Waals surface area contributed by atoms with Gasteiger partial charge in [0.15, 0.2) is 5.13 Å². The number of benzene rings is 1. The third-order valence-corrected chi connectivity index (χ3v) is 5.73. The highest BCUT2D eigenvalue weighted by atomic mass is 32.1. The summed E-state index contributed by atoms with van der Waals surface area (Å²) in [5.41, 5.74) is 4.03. The fourth-order valence-corrected chi connectivity index (χ4v) is 4.54. The molecule has 0 saturated carbocycles. The minimum absolute atomic E-state index is 0.127. The molecule has 1 aliphatic rings. The van der Waals surface area contributed by atoms with E-state index in [0.717, 1.165) is 41.5 Å². The molecule has 3 heterocycles. The van der Waals surface area contributed by atoms with E-state index in [1.54, 1.807) is 17.5 Å². The maximum Gasteiger partial charge on any atom is 0.256 e. The molecule has 0 bridgehead atoms. The van der Waals surface area contributed by atoms with Crippen LogP contribution in [0.4, 0.5) is 0 Å². The zero-order chi connectivity index (χ0) is 17.4. The van der Waals surface area contributed by atoms with E-state index < -0.39 is 0 Å². The summed E-state index contributed by atoms with van der Waals surface area (Å²) in [5.74, 6) is 0.127. The number of amides is 1. The summed E-state index contributed by atoms with van der Waals surface area (Å²) in [4.78, 5) is 19.7. The summed E-state index contributed by atoms with van der Waals surface area (Å²) in [7, 11) is 0. The average molecular weight is 351 g/mol. The van der Waals surface area contributed by atoms with Gasteiger partial charge in [-0.25, -0.2) is 4.98 Å². The standard InChI is InChI=1S/C20H21N3OS/c1-14-13-17(15(2)23(14)20-21-10-12-25-20)19(24)22-11-6-9-18(22)16-7-4-3-5-8-16/h3-5,7-8,10,12-13,18H,6,9,11H2,1-2H3. The molecule has 128 valence electrons. The second kappa shape index (κ2) is 6.48. The van der Waals surface area contributed by atoms with E-state index in [4.69, 9.17) is 0 Å². The van der Waals surface area contributed by atoms with E-state index in [1.165, 1.54) is 5.56 Å². The number of aromatic nitrogens is 2. The Morgan fingerprint density at radius 2 is 2.04 bits per heavy atom. The molecule has 0 spiro atoms. The van der Waals surface area contributed by atoms with Crippen LogP contribution in [0.1, 0.15) is 46.2 Å². The van der Waals surface area contributed by atoms with Crippen LogP contribution in [0.3, 0.4) is 0 Å². The van der Waals surface area contributed by atoms with Crippen LogP contribution >= 0.6 is 11.3 Å². The van der Waals surface area contributed by atoms with Gasteiger partial charge in [0, 0.05) is 29.5 Å². The molecule has 1 amide bonds. The van der Waals surface area contributed by atoms with E-state index in [9.17, 15) is 4.79 Å². The van der Waals surface area contributed by atoms with E-state index >= 15 is 0 Å². The molecule has 5 heteroatoms. The Kier molecular flexibility index (Phi) is 4.17. The molecule has 4 rings (SSSR count). The number of rotatable bonds is 3. The predicted molar refractivity (Wildman–Crippen MR) is 100 cm³/mol. The SMILES string of the molecule is Cc1cc(C(=O)N2CCCC2c2ccccc2)c(C)n1-c1nccs1. The summed E-state index contributed by atoms with van der Waals surface area (Å²) < 4.78 is 2.07. The molecule has 1 aliphatic heterocycles. The number of aryl methyl sites for hydroxylation is 1. The Hall–Kier alpha value is -2.40. The van der Waals surface area contributed by atoms with Crippen molar-refractivity contribution in [2.75, 3.05) is 6.54 Å². The fourth-order valence-electron chi connectivity index (χ4n) is 3.79. The van der Waals surface area contributed by atoms with Crippen LogP contribution in [0.25, 0.3) is 5.13 Å². The normalized spacial score (nSPS) is 17.2. The number of hydrogen-bond donors (Lipinski definition) is 0. The Morgan fingerprint density at radius 3 is 2.76 bits per heavy atom. The van der Waals surface area contributed by atoms with Crippen LogP contribution < -0.4 is 0 Å². The minimum atomic E-state index is 0.127. The van der Waals surface area contributed by atoms with Crippen LogP contribution in [-0.4, -0.2) is 26.9 Å². The molecule has 2 aromatic heterocycles. The molecule has 1 saturated heterocycles. The first kappa shape index (κ1) is 16.1. The number of carbonyl (C=O) groups is 1. The highest BCUT2D eigenvalue weighted by Crippen LogP contribution is 2.34. The first-order valence-corrected chi connectivity index (χ1v) is 9.49. The first-order chi connectivity index (χ1) is 12.2. The van der Waals surface area contributed by atoms with E-state index in [2.05, 4.69) is 21.7 Å². The molecule has 4 nitrogen and oxygen atoms in total. The van der Waals surface area contributed by atoms with Crippen LogP contribution in [-0.2, 0) is 0 Å². The van der Waals surface area contributed by atoms with Crippen LogP contribution in [0.5, 0.6) is 0 Å². The Balaban J connectivity index is 1.68. The summed E-state index contributed by atoms with van der Waals surface area (Å²) in [6.45, 7) is 4.86. The summed E-state index contributed by atoms with van der Waals surface area (Å²) in [6.07, 6.45) is 3.88. The molecule has 0 radical (unpaired) electrons. The first-order valence-electron chi connectivity index (χ1n) is 8.61. The number of thiazole rings is 1. The van der Waals surface area contributed by atoms with E-state index in [-0.39, 0.29) is 11.9 Å². The van der Waals surface area contributed by atoms with Gasteiger partial charge < -0.3 is 4.90 Å². The topological polar surface area (TPSA) is 38.1 Å². The summed E-state index contributed by atoms with van der Waals surface area (Å²) >= 11 is 1.59. The van der Waals surface area contributed by atoms with Gasteiger partial charge in [-0.2, -0.15) is 0 Å². The van der Waals surface area contributed by atoms with Gasteiger partial charge in [-0.3, -0.25) is 9.36 Å². The number of carbonyl (C=O) groups excluding carboxylic acids is 1. The van der Waals surface area contributed by atoms with E-state index in [0.29, 0.717) is 0 Å². The van der Waals surface area contributed by atoms with Crippen molar-refractivity contribution in [3.8, 4) is 5.13 Å². The zero-order valence-corrected chi connectivity index (χ0v) is 15.3. The molecule has 0 N–H and O–H groups in total. The largest absolute Gasteiger partial charge is 0.332 e. The molecule has 1 aromatic carbocycles. The van der Waals surface area contributed by atoms with Gasteiger partial charge in [-0.15, -0.1) is 11.3 Å². The third-order valence-electron chi connectivity index (χ3n) is 4.97. The Labute approximate surface area is 151 Å². The lowest BCUT2D eigenvalue weighted by atomic mass is 10.0.